The van der Waals surface area contributed by atoms with Crippen molar-refractivity contribution in [3.8, 4) is 0 Å². The summed E-state index contributed by atoms with van der Waals surface area (Å²) in [5, 5.41) is 3.46. The molecular weight excluding hydrogens is 317 g/mol. The Hall–Kier alpha value is -1.19. The van der Waals surface area contributed by atoms with Crippen molar-refractivity contribution in [1.29, 1.82) is 0 Å². The number of hydrogen-bond donors (Lipinski definition) is 1. The van der Waals surface area contributed by atoms with E-state index >= 15 is 0 Å². The molecule has 0 amide bonds. The lowest BCUT2D eigenvalue weighted by molar-refractivity contribution is 0.403. The minimum absolute atomic E-state index is 0.170. The summed E-state index contributed by atoms with van der Waals surface area (Å²) in [6, 6.07) is 15.5. The molecule has 1 aliphatic heterocycles. The Morgan fingerprint density at radius 2 is 1.80 bits per heavy atom. The van der Waals surface area contributed by atoms with E-state index in [1.165, 1.54) is 11.1 Å². The molecule has 104 valence electrons. The van der Waals surface area contributed by atoms with Crippen molar-refractivity contribution in [3.05, 3.63) is 69.9 Å². The Bertz CT molecular complexity index is 582. The van der Waals surface area contributed by atoms with Crippen LogP contribution in [0.4, 0.5) is 4.39 Å². The molecule has 2 atom stereocenters. The minimum atomic E-state index is -0.170. The molecule has 1 N–H and O–H groups in total. The van der Waals surface area contributed by atoms with Crippen LogP contribution >= 0.6 is 15.9 Å². The van der Waals surface area contributed by atoms with Gasteiger partial charge in [0.15, 0.2) is 0 Å². The van der Waals surface area contributed by atoms with Gasteiger partial charge < -0.3 is 5.32 Å². The maximum atomic E-state index is 13.1. The van der Waals surface area contributed by atoms with Crippen LogP contribution < -0.4 is 5.32 Å². The van der Waals surface area contributed by atoms with Gasteiger partial charge in [-0.2, -0.15) is 0 Å². The molecule has 1 saturated heterocycles. The van der Waals surface area contributed by atoms with E-state index in [1.54, 1.807) is 12.1 Å². The largest absolute Gasteiger partial charge is 0.316 e. The van der Waals surface area contributed by atoms with Crippen molar-refractivity contribution in [2.45, 2.75) is 18.3 Å². The number of halogens is 2. The van der Waals surface area contributed by atoms with Crippen LogP contribution in [-0.4, -0.2) is 13.1 Å². The van der Waals surface area contributed by atoms with Gasteiger partial charge in [-0.05, 0) is 54.3 Å². The summed E-state index contributed by atoms with van der Waals surface area (Å²) < 4.78 is 14.2. The lowest BCUT2D eigenvalue weighted by Gasteiger charge is -2.33. The SMILES string of the molecule is Fc1ccc(C2CNCCC2c2cccc(Br)c2)cc1. The van der Waals surface area contributed by atoms with Crippen molar-refractivity contribution in [2.75, 3.05) is 13.1 Å². The number of benzene rings is 2. The Morgan fingerprint density at radius 3 is 2.55 bits per heavy atom. The zero-order valence-corrected chi connectivity index (χ0v) is 12.7. The molecule has 0 bridgehead atoms. The van der Waals surface area contributed by atoms with Gasteiger partial charge in [0.2, 0.25) is 0 Å². The van der Waals surface area contributed by atoms with Crippen LogP contribution in [0.25, 0.3) is 0 Å². The molecule has 2 unspecified atom stereocenters. The molecule has 1 aliphatic rings. The van der Waals surface area contributed by atoms with Crippen LogP contribution in [0.3, 0.4) is 0 Å². The molecule has 3 rings (SSSR count). The second-order valence-corrected chi connectivity index (χ2v) is 6.23. The molecule has 1 fully saturated rings. The first kappa shape index (κ1) is 13.8. The van der Waals surface area contributed by atoms with E-state index < -0.39 is 0 Å². The van der Waals surface area contributed by atoms with Gasteiger partial charge in [-0.15, -0.1) is 0 Å². The van der Waals surface area contributed by atoms with Gasteiger partial charge in [-0.1, -0.05) is 40.2 Å². The Kier molecular flexibility index (Phi) is 4.18. The maximum Gasteiger partial charge on any atom is 0.123 e. The second-order valence-electron chi connectivity index (χ2n) is 5.31. The third-order valence-corrected chi connectivity index (χ3v) is 4.55. The van der Waals surface area contributed by atoms with Crippen LogP contribution in [0.15, 0.2) is 53.0 Å². The molecular formula is C17H17BrFN. The summed E-state index contributed by atoms with van der Waals surface area (Å²) in [6.45, 7) is 1.98. The first-order valence-electron chi connectivity index (χ1n) is 6.95. The molecule has 0 spiro atoms. The summed E-state index contributed by atoms with van der Waals surface area (Å²) in [6.07, 6.45) is 1.11. The average molecular weight is 334 g/mol. The Balaban J connectivity index is 1.93. The maximum absolute atomic E-state index is 13.1. The molecule has 0 radical (unpaired) electrons. The number of hydrogen-bond acceptors (Lipinski definition) is 1. The zero-order valence-electron chi connectivity index (χ0n) is 11.2. The monoisotopic (exact) mass is 333 g/mol. The third kappa shape index (κ3) is 2.94. The van der Waals surface area contributed by atoms with Gasteiger partial charge >= 0.3 is 0 Å². The smallest absolute Gasteiger partial charge is 0.123 e. The average Bonchev–Trinajstić information content (AvgIpc) is 2.48. The summed E-state index contributed by atoms with van der Waals surface area (Å²) >= 11 is 3.55. The molecule has 0 aliphatic carbocycles. The fourth-order valence-corrected chi connectivity index (χ4v) is 3.47. The predicted molar refractivity (Wildman–Crippen MR) is 83.5 cm³/mol. The fourth-order valence-electron chi connectivity index (χ4n) is 3.05. The van der Waals surface area contributed by atoms with Crippen LogP contribution in [0.2, 0.25) is 0 Å². The van der Waals surface area contributed by atoms with E-state index in [9.17, 15) is 4.39 Å². The standard InChI is InChI=1S/C17H17BrFN/c18-14-3-1-2-13(10-14)16-8-9-20-11-17(16)12-4-6-15(19)7-5-12/h1-7,10,16-17,20H,8-9,11H2. The molecule has 20 heavy (non-hydrogen) atoms. The van der Waals surface area contributed by atoms with Crippen molar-refractivity contribution in [2.24, 2.45) is 0 Å². The normalized spacial score (nSPS) is 22.7. The molecule has 2 aromatic rings. The molecule has 0 saturated carbocycles. The van der Waals surface area contributed by atoms with Gasteiger partial charge in [0, 0.05) is 16.9 Å². The van der Waals surface area contributed by atoms with Crippen LogP contribution in [0.1, 0.15) is 29.4 Å². The minimum Gasteiger partial charge on any atom is -0.316 e. The van der Waals surface area contributed by atoms with Crippen molar-refractivity contribution >= 4 is 15.9 Å². The van der Waals surface area contributed by atoms with Crippen LogP contribution in [0.5, 0.6) is 0 Å². The molecule has 1 heterocycles. The third-order valence-electron chi connectivity index (χ3n) is 4.06. The highest BCUT2D eigenvalue weighted by Crippen LogP contribution is 2.38. The summed E-state index contributed by atoms with van der Waals surface area (Å²) in [5.74, 6) is 0.717. The molecule has 2 aromatic carbocycles. The predicted octanol–water partition coefficient (Wildman–Crippen LogP) is 4.45. The summed E-state index contributed by atoms with van der Waals surface area (Å²) in [4.78, 5) is 0. The van der Waals surface area contributed by atoms with Gasteiger partial charge in [0.25, 0.3) is 0 Å². The van der Waals surface area contributed by atoms with Gasteiger partial charge in [-0.25, -0.2) is 4.39 Å². The van der Waals surface area contributed by atoms with Gasteiger partial charge in [0.1, 0.15) is 5.82 Å². The van der Waals surface area contributed by atoms with E-state index in [0.717, 1.165) is 24.0 Å². The number of nitrogens with one attached hydrogen (secondary N) is 1. The second kappa shape index (κ2) is 6.06. The first-order chi connectivity index (χ1) is 9.74. The highest BCUT2D eigenvalue weighted by atomic mass is 79.9. The van der Waals surface area contributed by atoms with Crippen LogP contribution in [-0.2, 0) is 0 Å². The van der Waals surface area contributed by atoms with Gasteiger partial charge in [-0.3, -0.25) is 0 Å². The zero-order chi connectivity index (χ0) is 13.9. The Labute approximate surface area is 127 Å². The van der Waals surface area contributed by atoms with Gasteiger partial charge in [0.05, 0.1) is 0 Å². The molecule has 1 nitrogen and oxygen atoms in total. The van der Waals surface area contributed by atoms with E-state index in [-0.39, 0.29) is 5.82 Å². The highest BCUT2D eigenvalue weighted by molar-refractivity contribution is 9.10. The van der Waals surface area contributed by atoms with E-state index in [2.05, 4.69) is 45.5 Å². The quantitative estimate of drug-likeness (QED) is 0.856. The van der Waals surface area contributed by atoms with E-state index in [1.807, 2.05) is 12.1 Å². The summed E-state index contributed by atoms with van der Waals surface area (Å²) in [7, 11) is 0. The van der Waals surface area contributed by atoms with Crippen molar-refractivity contribution in [3.63, 3.8) is 0 Å². The van der Waals surface area contributed by atoms with Crippen molar-refractivity contribution < 1.29 is 4.39 Å². The Morgan fingerprint density at radius 1 is 1.00 bits per heavy atom. The molecule has 3 heteroatoms. The number of rotatable bonds is 2. The topological polar surface area (TPSA) is 12.0 Å². The lowest BCUT2D eigenvalue weighted by Crippen LogP contribution is -2.34. The van der Waals surface area contributed by atoms with E-state index in [0.29, 0.717) is 11.8 Å². The first-order valence-corrected chi connectivity index (χ1v) is 7.75. The van der Waals surface area contributed by atoms with Crippen LogP contribution in [0, 0.1) is 5.82 Å². The molecule has 0 aromatic heterocycles. The lowest BCUT2D eigenvalue weighted by atomic mass is 9.77. The van der Waals surface area contributed by atoms with E-state index in [4.69, 9.17) is 0 Å². The number of piperidine rings is 1. The fraction of sp³-hybridized carbons (Fsp3) is 0.294. The summed E-state index contributed by atoms with van der Waals surface area (Å²) in [5.41, 5.74) is 2.57. The highest BCUT2D eigenvalue weighted by Gasteiger charge is 2.27. The van der Waals surface area contributed by atoms with Crippen molar-refractivity contribution in [1.82, 2.24) is 5.32 Å².